The summed E-state index contributed by atoms with van der Waals surface area (Å²) >= 11 is 0. The van der Waals surface area contributed by atoms with Crippen molar-refractivity contribution in [3.05, 3.63) is 6.33 Å². The van der Waals surface area contributed by atoms with E-state index < -0.39 is 0 Å². The Bertz CT molecular complexity index is 495. The number of hydrogen-bond donors (Lipinski definition) is 2. The van der Waals surface area contributed by atoms with Gasteiger partial charge in [-0.15, -0.1) is 5.10 Å². The number of carbonyl (C=O) groups is 2. The zero-order chi connectivity index (χ0) is 16.0. The maximum atomic E-state index is 11.7. The van der Waals surface area contributed by atoms with Gasteiger partial charge in [-0.05, 0) is 11.8 Å². The number of anilines is 1. The van der Waals surface area contributed by atoms with Gasteiger partial charge in [0.25, 0.3) is 0 Å². The highest BCUT2D eigenvalue weighted by atomic mass is 16.2. The summed E-state index contributed by atoms with van der Waals surface area (Å²) in [6.45, 7) is 6.88. The van der Waals surface area contributed by atoms with Crippen LogP contribution in [-0.2, 0) is 11.3 Å². The van der Waals surface area contributed by atoms with E-state index in [0.29, 0.717) is 6.54 Å². The molecule has 0 saturated carbocycles. The van der Waals surface area contributed by atoms with Gasteiger partial charge in [0.2, 0.25) is 11.9 Å². The molecule has 1 aromatic rings. The highest BCUT2D eigenvalue weighted by Gasteiger charge is 2.16. The summed E-state index contributed by atoms with van der Waals surface area (Å²) in [6, 6.07) is -0.354. The smallest absolute Gasteiger partial charge is 0.321 e. The number of rotatable bonds is 6. The lowest BCUT2D eigenvalue weighted by Gasteiger charge is -2.22. The molecule has 2 N–H and O–H groups in total. The Morgan fingerprint density at radius 3 is 2.62 bits per heavy atom. The van der Waals surface area contributed by atoms with Crippen molar-refractivity contribution in [2.24, 2.45) is 5.41 Å². The molecule has 118 valence electrons. The molecule has 0 unspecified atom stereocenters. The number of nitrogens with one attached hydrogen (secondary N) is 2. The fraction of sp³-hybridized carbons (Fsp3) is 0.692. The molecular weight excluding hydrogens is 272 g/mol. The first-order valence-corrected chi connectivity index (χ1v) is 6.88. The lowest BCUT2D eigenvalue weighted by molar-refractivity contribution is -0.129. The second-order valence-electron chi connectivity index (χ2n) is 5.88. The van der Waals surface area contributed by atoms with E-state index in [1.165, 1.54) is 15.9 Å². The molecule has 0 bridgehead atoms. The Kier molecular flexibility index (Phi) is 5.69. The van der Waals surface area contributed by atoms with Crippen LogP contribution in [0.1, 0.15) is 27.2 Å². The molecule has 0 aliphatic carbocycles. The van der Waals surface area contributed by atoms with Crippen LogP contribution >= 0.6 is 0 Å². The van der Waals surface area contributed by atoms with E-state index in [2.05, 4.69) is 41.5 Å². The average Bonchev–Trinajstić information content (AvgIpc) is 2.83. The fourth-order valence-electron chi connectivity index (χ4n) is 1.30. The Labute approximate surface area is 124 Å². The van der Waals surface area contributed by atoms with Crippen molar-refractivity contribution < 1.29 is 9.59 Å². The molecule has 0 aliphatic rings. The van der Waals surface area contributed by atoms with E-state index in [4.69, 9.17) is 0 Å². The molecule has 0 spiro atoms. The maximum absolute atomic E-state index is 11.7. The first-order chi connectivity index (χ1) is 9.73. The van der Waals surface area contributed by atoms with Crippen molar-refractivity contribution in [2.75, 3.05) is 26.0 Å². The van der Waals surface area contributed by atoms with Gasteiger partial charge in [0, 0.05) is 20.6 Å². The minimum Gasteiger partial charge on any atom is -0.347 e. The lowest BCUT2D eigenvalue weighted by Crippen LogP contribution is -2.36. The Hall–Kier alpha value is -2.12. The van der Waals surface area contributed by atoms with Crippen molar-refractivity contribution in [2.45, 2.75) is 33.7 Å². The molecule has 1 aromatic heterocycles. The van der Waals surface area contributed by atoms with Crippen molar-refractivity contribution in [3.63, 3.8) is 0 Å². The molecule has 0 aliphatic heterocycles. The minimum atomic E-state index is -0.354. The maximum Gasteiger partial charge on any atom is 0.321 e. The first-order valence-electron chi connectivity index (χ1n) is 6.88. The summed E-state index contributed by atoms with van der Waals surface area (Å²) in [4.78, 5) is 28.7. The molecule has 1 rings (SSSR count). The van der Waals surface area contributed by atoms with Crippen LogP contribution < -0.4 is 10.6 Å². The average molecular weight is 296 g/mol. The summed E-state index contributed by atoms with van der Waals surface area (Å²) in [5.41, 5.74) is 0.0439. The standard InChI is InChI=1S/C13H24N6O2/c1-6-13(2,3)8-14-12(21)16-11-15-9-19(17-11)7-10(20)18(4)5/h9H,6-8H2,1-5H3,(H2,14,16,17,21). The Morgan fingerprint density at radius 1 is 1.38 bits per heavy atom. The quantitative estimate of drug-likeness (QED) is 0.816. The first kappa shape index (κ1) is 16.9. The fourth-order valence-corrected chi connectivity index (χ4v) is 1.30. The van der Waals surface area contributed by atoms with Crippen LogP contribution in [0.25, 0.3) is 0 Å². The number of urea groups is 1. The SMILES string of the molecule is CCC(C)(C)CNC(=O)Nc1ncn(CC(=O)N(C)C)n1. The van der Waals surface area contributed by atoms with Crippen LogP contribution in [0, 0.1) is 5.41 Å². The second-order valence-corrected chi connectivity index (χ2v) is 5.88. The third-order valence-corrected chi connectivity index (χ3v) is 3.24. The third-order valence-electron chi connectivity index (χ3n) is 3.24. The highest BCUT2D eigenvalue weighted by Crippen LogP contribution is 2.17. The van der Waals surface area contributed by atoms with Gasteiger partial charge in [-0.2, -0.15) is 0 Å². The largest absolute Gasteiger partial charge is 0.347 e. The van der Waals surface area contributed by atoms with Gasteiger partial charge in [-0.3, -0.25) is 10.1 Å². The second kappa shape index (κ2) is 7.05. The van der Waals surface area contributed by atoms with E-state index in [1.807, 2.05) is 0 Å². The number of aromatic nitrogens is 3. The number of nitrogens with zero attached hydrogens (tertiary/aromatic N) is 4. The molecule has 0 saturated heterocycles. The van der Waals surface area contributed by atoms with Crippen LogP contribution in [0.5, 0.6) is 0 Å². The van der Waals surface area contributed by atoms with E-state index in [0.717, 1.165) is 6.42 Å². The van der Waals surface area contributed by atoms with E-state index in [9.17, 15) is 9.59 Å². The van der Waals surface area contributed by atoms with Gasteiger partial charge >= 0.3 is 6.03 Å². The van der Waals surface area contributed by atoms with E-state index in [1.54, 1.807) is 14.1 Å². The summed E-state index contributed by atoms with van der Waals surface area (Å²) in [5.74, 6) is 0.0777. The van der Waals surface area contributed by atoms with Crippen LogP contribution in [-0.4, -0.2) is 52.2 Å². The molecular formula is C13H24N6O2. The Morgan fingerprint density at radius 2 is 2.05 bits per heavy atom. The third kappa shape index (κ3) is 5.80. The van der Waals surface area contributed by atoms with Crippen molar-refractivity contribution in [3.8, 4) is 0 Å². The molecule has 1 heterocycles. The molecule has 0 atom stereocenters. The zero-order valence-corrected chi connectivity index (χ0v) is 13.3. The van der Waals surface area contributed by atoms with E-state index >= 15 is 0 Å². The van der Waals surface area contributed by atoms with Gasteiger partial charge in [0.15, 0.2) is 0 Å². The van der Waals surface area contributed by atoms with Crippen LogP contribution in [0.4, 0.5) is 10.7 Å². The number of carbonyl (C=O) groups excluding carboxylic acids is 2. The van der Waals surface area contributed by atoms with Crippen LogP contribution in [0.2, 0.25) is 0 Å². The molecule has 3 amide bonds. The van der Waals surface area contributed by atoms with Crippen molar-refractivity contribution in [1.29, 1.82) is 0 Å². The Balaban J connectivity index is 2.47. The van der Waals surface area contributed by atoms with Crippen molar-refractivity contribution >= 4 is 17.9 Å². The van der Waals surface area contributed by atoms with Gasteiger partial charge in [0.1, 0.15) is 12.9 Å². The highest BCUT2D eigenvalue weighted by molar-refractivity contribution is 5.87. The molecule has 0 fully saturated rings. The van der Waals surface area contributed by atoms with E-state index in [-0.39, 0.29) is 29.8 Å². The zero-order valence-electron chi connectivity index (χ0n) is 13.3. The van der Waals surface area contributed by atoms with Crippen LogP contribution in [0.15, 0.2) is 6.33 Å². The number of hydrogen-bond acceptors (Lipinski definition) is 4. The molecule has 8 nitrogen and oxygen atoms in total. The summed E-state index contributed by atoms with van der Waals surface area (Å²) in [6.07, 6.45) is 2.37. The van der Waals surface area contributed by atoms with Gasteiger partial charge in [-0.1, -0.05) is 20.8 Å². The normalized spacial score (nSPS) is 11.1. The van der Waals surface area contributed by atoms with Crippen molar-refractivity contribution in [1.82, 2.24) is 25.0 Å². The molecule has 0 radical (unpaired) electrons. The lowest BCUT2D eigenvalue weighted by atomic mass is 9.90. The van der Waals surface area contributed by atoms with Gasteiger partial charge in [-0.25, -0.2) is 14.5 Å². The summed E-state index contributed by atoms with van der Waals surface area (Å²) in [5, 5.41) is 9.34. The minimum absolute atomic E-state index is 0.0439. The molecule has 21 heavy (non-hydrogen) atoms. The topological polar surface area (TPSA) is 92.2 Å². The summed E-state index contributed by atoms with van der Waals surface area (Å²) < 4.78 is 1.38. The molecule has 8 heteroatoms. The number of likely N-dealkylation sites (N-methyl/N-ethyl adjacent to an activating group) is 1. The van der Waals surface area contributed by atoms with Gasteiger partial charge < -0.3 is 10.2 Å². The van der Waals surface area contributed by atoms with Crippen LogP contribution in [0.3, 0.4) is 0 Å². The predicted octanol–water partition coefficient (Wildman–Crippen LogP) is 0.924. The number of amides is 3. The molecule has 0 aromatic carbocycles. The predicted molar refractivity (Wildman–Crippen MR) is 79.8 cm³/mol. The van der Waals surface area contributed by atoms with Gasteiger partial charge in [0.05, 0.1) is 0 Å². The summed E-state index contributed by atoms with van der Waals surface area (Å²) in [7, 11) is 3.34. The monoisotopic (exact) mass is 296 g/mol.